The van der Waals surface area contributed by atoms with Gasteiger partial charge in [0.1, 0.15) is 5.75 Å². The molecule has 106 valence electrons. The van der Waals surface area contributed by atoms with Crippen molar-refractivity contribution in [1.82, 2.24) is 5.32 Å². The van der Waals surface area contributed by atoms with E-state index in [1.165, 1.54) is 19.8 Å². The van der Waals surface area contributed by atoms with Crippen LogP contribution in [0.3, 0.4) is 0 Å². The molecule has 0 fully saturated rings. The minimum absolute atomic E-state index is 0.336. The number of rotatable bonds is 3. The van der Waals surface area contributed by atoms with Gasteiger partial charge in [-0.05, 0) is 59.6 Å². The van der Waals surface area contributed by atoms with E-state index >= 15 is 0 Å². The Hall–Kier alpha value is -0.840. The molecule has 1 aliphatic heterocycles. The Morgan fingerprint density at radius 3 is 2.90 bits per heavy atom. The SMILES string of the molecule is CNC(c1cc(Br)sc1C)C1CCOc2ccccc21. The molecule has 1 aliphatic rings. The van der Waals surface area contributed by atoms with Crippen molar-refractivity contribution in [3.8, 4) is 5.75 Å². The van der Waals surface area contributed by atoms with Crippen molar-refractivity contribution < 1.29 is 4.74 Å². The molecule has 2 atom stereocenters. The quantitative estimate of drug-likeness (QED) is 0.869. The van der Waals surface area contributed by atoms with E-state index in [9.17, 15) is 0 Å². The van der Waals surface area contributed by atoms with Crippen LogP contribution in [0.2, 0.25) is 0 Å². The number of para-hydroxylation sites is 1. The molecule has 20 heavy (non-hydrogen) atoms. The van der Waals surface area contributed by atoms with Crippen molar-refractivity contribution in [3.63, 3.8) is 0 Å². The van der Waals surface area contributed by atoms with Gasteiger partial charge in [-0.2, -0.15) is 0 Å². The minimum Gasteiger partial charge on any atom is -0.493 e. The molecule has 0 bridgehead atoms. The maximum absolute atomic E-state index is 5.79. The standard InChI is InChI=1S/C16H18BrNOS/c1-10-13(9-15(17)20-10)16(18-2)12-7-8-19-14-6-4-3-5-11(12)14/h3-6,9,12,16,18H,7-8H2,1-2H3. The van der Waals surface area contributed by atoms with Crippen LogP contribution < -0.4 is 10.1 Å². The van der Waals surface area contributed by atoms with E-state index in [-0.39, 0.29) is 0 Å². The average molecular weight is 352 g/mol. The zero-order chi connectivity index (χ0) is 14.1. The largest absolute Gasteiger partial charge is 0.493 e. The van der Waals surface area contributed by atoms with Crippen LogP contribution in [-0.4, -0.2) is 13.7 Å². The molecule has 0 aliphatic carbocycles. The molecule has 2 unspecified atom stereocenters. The molecule has 3 rings (SSSR count). The maximum Gasteiger partial charge on any atom is 0.122 e. The number of ether oxygens (including phenoxy) is 1. The number of fused-ring (bicyclic) bond motifs is 1. The van der Waals surface area contributed by atoms with E-state index in [1.807, 2.05) is 13.1 Å². The van der Waals surface area contributed by atoms with E-state index < -0.39 is 0 Å². The number of hydrogen-bond donors (Lipinski definition) is 1. The number of likely N-dealkylation sites (N-methyl/N-ethyl adjacent to an activating group) is 1. The Bertz CT molecular complexity index is 610. The molecule has 0 saturated heterocycles. The summed E-state index contributed by atoms with van der Waals surface area (Å²) in [6, 6.07) is 11.0. The molecule has 1 aromatic carbocycles. The molecule has 4 heteroatoms. The highest BCUT2D eigenvalue weighted by Crippen LogP contribution is 2.43. The molecule has 0 amide bonds. The summed E-state index contributed by atoms with van der Waals surface area (Å²) in [5, 5.41) is 3.51. The summed E-state index contributed by atoms with van der Waals surface area (Å²) >= 11 is 5.41. The second-order valence-corrected chi connectivity index (χ2v) is 7.75. The molecule has 1 aromatic heterocycles. The molecule has 2 heterocycles. The molecule has 0 saturated carbocycles. The van der Waals surface area contributed by atoms with Crippen LogP contribution in [-0.2, 0) is 0 Å². The van der Waals surface area contributed by atoms with Crippen molar-refractivity contribution in [1.29, 1.82) is 0 Å². The third kappa shape index (κ3) is 2.52. The Morgan fingerprint density at radius 1 is 1.40 bits per heavy atom. The predicted octanol–water partition coefficient (Wildman–Crippen LogP) is 4.65. The van der Waals surface area contributed by atoms with Gasteiger partial charge in [0, 0.05) is 16.8 Å². The number of halogens is 1. The summed E-state index contributed by atoms with van der Waals surface area (Å²) in [6.45, 7) is 2.99. The van der Waals surface area contributed by atoms with Gasteiger partial charge in [0.05, 0.1) is 10.4 Å². The second kappa shape index (κ2) is 5.88. The molecular weight excluding hydrogens is 334 g/mol. The molecule has 0 spiro atoms. The van der Waals surface area contributed by atoms with Crippen LogP contribution >= 0.6 is 27.3 Å². The lowest BCUT2D eigenvalue weighted by atomic mass is 9.83. The number of thiophene rings is 1. The first-order chi connectivity index (χ1) is 9.70. The number of hydrogen-bond acceptors (Lipinski definition) is 3. The Balaban J connectivity index is 2.01. The summed E-state index contributed by atoms with van der Waals surface area (Å²) in [5.74, 6) is 1.50. The fourth-order valence-corrected chi connectivity index (χ4v) is 4.81. The molecule has 2 nitrogen and oxygen atoms in total. The van der Waals surface area contributed by atoms with Gasteiger partial charge >= 0.3 is 0 Å². The van der Waals surface area contributed by atoms with E-state index in [4.69, 9.17) is 4.74 Å². The van der Waals surface area contributed by atoms with Crippen LogP contribution in [0.15, 0.2) is 34.1 Å². The predicted molar refractivity (Wildman–Crippen MR) is 87.9 cm³/mol. The summed E-state index contributed by atoms with van der Waals surface area (Å²) in [5.41, 5.74) is 2.71. The molecular formula is C16H18BrNOS. The van der Waals surface area contributed by atoms with Gasteiger partial charge in [-0.15, -0.1) is 11.3 Å². The van der Waals surface area contributed by atoms with E-state index in [0.717, 1.165) is 18.8 Å². The summed E-state index contributed by atoms with van der Waals surface area (Å²) < 4.78 is 6.98. The summed E-state index contributed by atoms with van der Waals surface area (Å²) in [4.78, 5) is 1.38. The second-order valence-electron chi connectivity index (χ2n) is 5.11. The van der Waals surface area contributed by atoms with Gasteiger partial charge in [-0.25, -0.2) is 0 Å². The smallest absolute Gasteiger partial charge is 0.122 e. The van der Waals surface area contributed by atoms with Gasteiger partial charge in [0.25, 0.3) is 0 Å². The number of benzene rings is 1. The van der Waals surface area contributed by atoms with Gasteiger partial charge < -0.3 is 10.1 Å². The Kier molecular flexibility index (Phi) is 4.15. The van der Waals surface area contributed by atoms with E-state index in [1.54, 1.807) is 11.3 Å². The lowest BCUT2D eigenvalue weighted by molar-refractivity contribution is 0.248. The summed E-state index contributed by atoms with van der Waals surface area (Å²) in [6.07, 6.45) is 1.05. The number of nitrogens with one attached hydrogen (secondary N) is 1. The minimum atomic E-state index is 0.336. The molecule has 0 radical (unpaired) electrons. The molecule has 1 N–H and O–H groups in total. The Labute approximate surface area is 132 Å². The van der Waals surface area contributed by atoms with Crippen LogP contribution in [0.1, 0.15) is 34.4 Å². The third-order valence-electron chi connectivity index (χ3n) is 3.98. The highest BCUT2D eigenvalue weighted by atomic mass is 79.9. The van der Waals surface area contributed by atoms with Gasteiger partial charge in [-0.1, -0.05) is 18.2 Å². The monoisotopic (exact) mass is 351 g/mol. The fraction of sp³-hybridized carbons (Fsp3) is 0.375. The van der Waals surface area contributed by atoms with Crippen molar-refractivity contribution in [2.45, 2.75) is 25.3 Å². The van der Waals surface area contributed by atoms with E-state index in [0.29, 0.717) is 12.0 Å². The zero-order valence-electron chi connectivity index (χ0n) is 11.7. The summed E-state index contributed by atoms with van der Waals surface area (Å²) in [7, 11) is 2.05. The van der Waals surface area contributed by atoms with Crippen LogP contribution in [0.4, 0.5) is 0 Å². The van der Waals surface area contributed by atoms with Gasteiger partial charge in [0.15, 0.2) is 0 Å². The van der Waals surface area contributed by atoms with Crippen molar-refractivity contribution in [2.24, 2.45) is 0 Å². The first kappa shape index (κ1) is 14.1. The van der Waals surface area contributed by atoms with Gasteiger partial charge in [0.2, 0.25) is 0 Å². The topological polar surface area (TPSA) is 21.3 Å². The highest BCUT2D eigenvalue weighted by molar-refractivity contribution is 9.11. The Morgan fingerprint density at radius 2 is 2.20 bits per heavy atom. The third-order valence-corrected chi connectivity index (χ3v) is 5.55. The lowest BCUT2D eigenvalue weighted by Gasteiger charge is -2.32. The fourth-order valence-electron chi connectivity index (χ4n) is 3.06. The first-order valence-corrected chi connectivity index (χ1v) is 8.46. The van der Waals surface area contributed by atoms with Crippen LogP contribution in [0.25, 0.3) is 0 Å². The normalized spacial score (nSPS) is 19.2. The van der Waals surface area contributed by atoms with Crippen molar-refractivity contribution in [2.75, 3.05) is 13.7 Å². The van der Waals surface area contributed by atoms with Crippen molar-refractivity contribution in [3.05, 3.63) is 50.1 Å². The van der Waals surface area contributed by atoms with Crippen molar-refractivity contribution >= 4 is 27.3 Å². The average Bonchev–Trinajstić information content (AvgIpc) is 2.79. The first-order valence-electron chi connectivity index (χ1n) is 6.85. The highest BCUT2D eigenvalue weighted by Gasteiger charge is 2.30. The van der Waals surface area contributed by atoms with Gasteiger partial charge in [-0.3, -0.25) is 0 Å². The van der Waals surface area contributed by atoms with E-state index in [2.05, 4.69) is 52.4 Å². The zero-order valence-corrected chi connectivity index (χ0v) is 14.1. The number of aryl methyl sites for hydroxylation is 1. The molecule has 2 aromatic rings. The van der Waals surface area contributed by atoms with Crippen LogP contribution in [0, 0.1) is 6.92 Å². The van der Waals surface area contributed by atoms with Crippen LogP contribution in [0.5, 0.6) is 5.75 Å². The maximum atomic E-state index is 5.79. The lowest BCUT2D eigenvalue weighted by Crippen LogP contribution is -2.28.